The summed E-state index contributed by atoms with van der Waals surface area (Å²) in [6, 6.07) is 0.375. The van der Waals surface area contributed by atoms with Gasteiger partial charge in [0, 0.05) is 6.04 Å². The van der Waals surface area contributed by atoms with Crippen molar-refractivity contribution in [1.82, 2.24) is 5.32 Å². The van der Waals surface area contributed by atoms with Crippen LogP contribution in [0.1, 0.15) is 44.9 Å². The van der Waals surface area contributed by atoms with Crippen LogP contribution in [0, 0.1) is 5.41 Å². The van der Waals surface area contributed by atoms with Crippen molar-refractivity contribution in [2.75, 3.05) is 6.61 Å². The van der Waals surface area contributed by atoms with Crippen LogP contribution in [-0.4, -0.2) is 23.7 Å². The second-order valence-corrected chi connectivity index (χ2v) is 4.75. The predicted molar refractivity (Wildman–Crippen MR) is 53.8 cm³/mol. The van der Waals surface area contributed by atoms with Crippen LogP contribution < -0.4 is 5.32 Å². The lowest BCUT2D eigenvalue weighted by Crippen LogP contribution is -2.41. The van der Waals surface area contributed by atoms with Gasteiger partial charge >= 0.3 is 0 Å². The minimum absolute atomic E-state index is 0.0194. The van der Waals surface area contributed by atoms with E-state index in [4.69, 9.17) is 5.11 Å². The first-order valence-electron chi connectivity index (χ1n) is 5.69. The molecular formula is C11H19NO2. The molecule has 2 fully saturated rings. The summed E-state index contributed by atoms with van der Waals surface area (Å²) in [7, 11) is 0. The molecule has 0 spiro atoms. The lowest BCUT2D eigenvalue weighted by molar-refractivity contribution is -0.128. The van der Waals surface area contributed by atoms with Gasteiger partial charge in [-0.05, 0) is 25.7 Å². The molecule has 2 aliphatic carbocycles. The molecule has 14 heavy (non-hydrogen) atoms. The van der Waals surface area contributed by atoms with Crippen molar-refractivity contribution in [2.45, 2.75) is 51.0 Å². The third-order valence-electron chi connectivity index (χ3n) is 3.58. The normalized spacial score (nSPS) is 25.8. The van der Waals surface area contributed by atoms with Crippen LogP contribution in [0.3, 0.4) is 0 Å². The van der Waals surface area contributed by atoms with Crippen LogP contribution in [-0.2, 0) is 4.79 Å². The van der Waals surface area contributed by atoms with Gasteiger partial charge in [-0.25, -0.2) is 0 Å². The zero-order chi connectivity index (χ0) is 10.0. The maximum atomic E-state index is 11.8. The molecule has 0 atom stereocenters. The van der Waals surface area contributed by atoms with E-state index in [-0.39, 0.29) is 12.5 Å². The predicted octanol–water partition coefficient (Wildman–Crippen LogP) is 1.21. The molecule has 1 amide bonds. The summed E-state index contributed by atoms with van der Waals surface area (Å²) in [5.74, 6) is 0.0897. The number of aliphatic hydroxyl groups excluding tert-OH is 1. The summed E-state index contributed by atoms with van der Waals surface area (Å²) in [5, 5.41) is 12.2. The first-order chi connectivity index (χ1) is 6.77. The fourth-order valence-corrected chi connectivity index (χ4v) is 2.19. The maximum absolute atomic E-state index is 11.8. The highest BCUT2D eigenvalue weighted by molar-refractivity contribution is 5.85. The maximum Gasteiger partial charge on any atom is 0.228 e. The van der Waals surface area contributed by atoms with E-state index in [0.717, 1.165) is 25.7 Å². The van der Waals surface area contributed by atoms with Gasteiger partial charge < -0.3 is 10.4 Å². The fraction of sp³-hybridized carbons (Fsp3) is 0.909. The lowest BCUT2D eigenvalue weighted by atomic mass is 9.94. The van der Waals surface area contributed by atoms with Crippen molar-refractivity contribution < 1.29 is 9.90 Å². The molecular weight excluding hydrogens is 178 g/mol. The molecule has 2 N–H and O–H groups in total. The zero-order valence-electron chi connectivity index (χ0n) is 8.59. The molecule has 0 aromatic carbocycles. The van der Waals surface area contributed by atoms with E-state index in [1.54, 1.807) is 0 Å². The van der Waals surface area contributed by atoms with Gasteiger partial charge in [-0.1, -0.05) is 19.3 Å². The van der Waals surface area contributed by atoms with Gasteiger partial charge in [-0.3, -0.25) is 4.79 Å². The van der Waals surface area contributed by atoms with E-state index in [0.29, 0.717) is 6.04 Å². The van der Waals surface area contributed by atoms with Gasteiger partial charge in [0.05, 0.1) is 12.0 Å². The molecule has 0 bridgehead atoms. The van der Waals surface area contributed by atoms with Crippen LogP contribution in [0.5, 0.6) is 0 Å². The molecule has 0 aromatic rings. The van der Waals surface area contributed by atoms with E-state index >= 15 is 0 Å². The molecule has 3 nitrogen and oxygen atoms in total. The van der Waals surface area contributed by atoms with Gasteiger partial charge in [0.2, 0.25) is 5.91 Å². The van der Waals surface area contributed by atoms with Gasteiger partial charge in [-0.15, -0.1) is 0 Å². The van der Waals surface area contributed by atoms with Crippen LogP contribution >= 0.6 is 0 Å². The Hall–Kier alpha value is -0.570. The van der Waals surface area contributed by atoms with Gasteiger partial charge in [-0.2, -0.15) is 0 Å². The number of nitrogens with one attached hydrogen (secondary N) is 1. The van der Waals surface area contributed by atoms with Crippen molar-refractivity contribution in [1.29, 1.82) is 0 Å². The smallest absolute Gasteiger partial charge is 0.228 e. The van der Waals surface area contributed by atoms with Gasteiger partial charge in [0.1, 0.15) is 0 Å². The number of aliphatic hydroxyl groups is 1. The van der Waals surface area contributed by atoms with E-state index in [2.05, 4.69) is 5.32 Å². The average molecular weight is 197 g/mol. The number of hydrogen-bond donors (Lipinski definition) is 2. The van der Waals surface area contributed by atoms with E-state index in [1.807, 2.05) is 0 Å². The number of rotatable bonds is 3. The lowest BCUT2D eigenvalue weighted by Gasteiger charge is -2.24. The van der Waals surface area contributed by atoms with Gasteiger partial charge in [0.25, 0.3) is 0 Å². The molecule has 0 heterocycles. The SMILES string of the molecule is O=C(NC1CCCCC1)C1(CO)CC1. The molecule has 2 aliphatic rings. The number of amides is 1. The molecule has 3 heteroatoms. The molecule has 0 aromatic heterocycles. The van der Waals surface area contributed by atoms with Crippen molar-refractivity contribution in [2.24, 2.45) is 5.41 Å². The molecule has 2 rings (SSSR count). The first-order valence-corrected chi connectivity index (χ1v) is 5.69. The Bertz CT molecular complexity index is 217. The van der Waals surface area contributed by atoms with Crippen molar-refractivity contribution in [3.8, 4) is 0 Å². The Morgan fingerprint density at radius 2 is 1.93 bits per heavy atom. The van der Waals surface area contributed by atoms with Crippen molar-refractivity contribution in [3.63, 3.8) is 0 Å². The summed E-state index contributed by atoms with van der Waals surface area (Å²) in [6.45, 7) is 0.0194. The zero-order valence-corrected chi connectivity index (χ0v) is 8.59. The van der Waals surface area contributed by atoms with Crippen molar-refractivity contribution >= 4 is 5.91 Å². The third-order valence-corrected chi connectivity index (χ3v) is 3.58. The van der Waals surface area contributed by atoms with Crippen molar-refractivity contribution in [3.05, 3.63) is 0 Å². The summed E-state index contributed by atoms with van der Waals surface area (Å²) in [5.41, 5.74) is -0.391. The third kappa shape index (κ3) is 1.92. The minimum Gasteiger partial charge on any atom is -0.395 e. The van der Waals surface area contributed by atoms with Crippen LogP contribution in [0.25, 0.3) is 0 Å². The molecule has 80 valence electrons. The van der Waals surface area contributed by atoms with E-state index in [1.165, 1.54) is 19.3 Å². The summed E-state index contributed by atoms with van der Waals surface area (Å²) >= 11 is 0. The molecule has 0 aliphatic heterocycles. The summed E-state index contributed by atoms with van der Waals surface area (Å²) < 4.78 is 0. The number of hydrogen-bond acceptors (Lipinski definition) is 2. The Morgan fingerprint density at radius 1 is 1.29 bits per heavy atom. The standard InChI is InChI=1S/C11H19NO2/c13-8-11(6-7-11)10(14)12-9-4-2-1-3-5-9/h9,13H,1-8H2,(H,12,14). The molecule has 0 saturated heterocycles. The Morgan fingerprint density at radius 3 is 2.43 bits per heavy atom. The number of carbonyl (C=O) groups excluding carboxylic acids is 1. The largest absolute Gasteiger partial charge is 0.395 e. The van der Waals surface area contributed by atoms with Crippen LogP contribution in [0.2, 0.25) is 0 Å². The van der Waals surface area contributed by atoms with Crippen LogP contribution in [0.4, 0.5) is 0 Å². The highest BCUT2D eigenvalue weighted by atomic mass is 16.3. The number of carbonyl (C=O) groups is 1. The van der Waals surface area contributed by atoms with Crippen LogP contribution in [0.15, 0.2) is 0 Å². The Balaban J connectivity index is 1.81. The fourth-order valence-electron chi connectivity index (χ4n) is 2.19. The average Bonchev–Trinajstić information content (AvgIpc) is 3.00. The highest BCUT2D eigenvalue weighted by Crippen LogP contribution is 2.45. The van der Waals surface area contributed by atoms with E-state index < -0.39 is 5.41 Å². The molecule has 0 radical (unpaired) electrons. The summed E-state index contributed by atoms with van der Waals surface area (Å²) in [6.07, 6.45) is 7.73. The van der Waals surface area contributed by atoms with E-state index in [9.17, 15) is 4.79 Å². The minimum atomic E-state index is -0.391. The summed E-state index contributed by atoms with van der Waals surface area (Å²) in [4.78, 5) is 11.8. The van der Waals surface area contributed by atoms with Gasteiger partial charge in [0.15, 0.2) is 0 Å². The second-order valence-electron chi connectivity index (χ2n) is 4.75. The first kappa shape index (κ1) is 9.97. The quantitative estimate of drug-likeness (QED) is 0.714. The Labute approximate surface area is 84.9 Å². The Kier molecular flexibility index (Phi) is 2.77. The second kappa shape index (κ2) is 3.89. The monoisotopic (exact) mass is 197 g/mol. The highest BCUT2D eigenvalue weighted by Gasteiger charge is 2.49. The molecule has 2 saturated carbocycles. The molecule has 0 unspecified atom stereocenters. The topological polar surface area (TPSA) is 49.3 Å².